The van der Waals surface area contributed by atoms with Crippen molar-refractivity contribution in [1.29, 1.82) is 0 Å². The molecule has 1 rings (SSSR count). The van der Waals surface area contributed by atoms with Crippen molar-refractivity contribution in [2.45, 2.75) is 6.17 Å². The summed E-state index contributed by atoms with van der Waals surface area (Å²) in [5.74, 6) is 0. The van der Waals surface area contributed by atoms with E-state index in [1.54, 1.807) is 12.1 Å². The molecule has 0 fully saturated rings. The van der Waals surface area contributed by atoms with Gasteiger partial charge in [-0.2, -0.15) is 5.48 Å². The molecule has 0 amide bonds. The Balaban J connectivity index is 2.75. The molecule has 1 aromatic rings. The first-order valence-corrected chi connectivity index (χ1v) is 2.96. The Labute approximate surface area is 59.4 Å². The summed E-state index contributed by atoms with van der Waals surface area (Å²) in [4.78, 5) is 0. The molecule has 0 bridgehead atoms. The first-order chi connectivity index (χ1) is 4.84. The molecule has 0 aliphatic heterocycles. The zero-order valence-corrected chi connectivity index (χ0v) is 5.41. The number of nitrogens with one attached hydrogen (secondary N) is 1. The lowest BCUT2D eigenvalue weighted by atomic mass is 10.2. The van der Waals surface area contributed by atoms with Crippen LogP contribution >= 0.6 is 0 Å². The van der Waals surface area contributed by atoms with Crippen LogP contribution in [0.5, 0.6) is 0 Å². The van der Waals surface area contributed by atoms with Crippen molar-refractivity contribution in [1.82, 2.24) is 5.48 Å². The molecule has 4 N–H and O–H groups in total. The van der Waals surface area contributed by atoms with E-state index in [4.69, 9.17) is 10.9 Å². The summed E-state index contributed by atoms with van der Waals surface area (Å²) in [6, 6.07) is 9.95. The lowest BCUT2D eigenvalue weighted by Gasteiger charge is -2.07. The van der Waals surface area contributed by atoms with Crippen molar-refractivity contribution in [3.05, 3.63) is 35.9 Å². The molecule has 1 atom stereocenters. The van der Waals surface area contributed by atoms with Gasteiger partial charge in [0.25, 0.3) is 0 Å². The third kappa shape index (κ3) is 1.54. The first kappa shape index (κ1) is 7.21. The summed E-state index contributed by atoms with van der Waals surface area (Å²) in [6.07, 6.45) is -0.516. The van der Waals surface area contributed by atoms with Gasteiger partial charge in [0, 0.05) is 0 Å². The number of nitrogens with two attached hydrogens (primary N) is 1. The zero-order chi connectivity index (χ0) is 7.40. The second kappa shape index (κ2) is 3.31. The minimum Gasteiger partial charge on any atom is -0.315 e. The first-order valence-electron chi connectivity index (χ1n) is 2.96. The molecule has 0 spiro atoms. The predicted molar refractivity (Wildman–Crippen MR) is 37.1 cm³/mol. The van der Waals surface area contributed by atoms with Crippen LogP contribution in [0, 0.1) is 6.07 Å². The molecule has 0 aromatic heterocycles. The number of hydrogen-bond donors (Lipinski definition) is 3. The summed E-state index contributed by atoms with van der Waals surface area (Å²) in [5.41, 5.74) is 8.16. The van der Waals surface area contributed by atoms with E-state index in [0.717, 1.165) is 5.56 Å². The van der Waals surface area contributed by atoms with Crippen molar-refractivity contribution in [3.8, 4) is 0 Å². The molecule has 53 valence electrons. The minimum absolute atomic E-state index is 0.516. The van der Waals surface area contributed by atoms with Crippen molar-refractivity contribution in [2.24, 2.45) is 5.73 Å². The predicted octanol–water partition coefficient (Wildman–Crippen LogP) is 0.423. The number of benzene rings is 1. The topological polar surface area (TPSA) is 58.3 Å². The Morgan fingerprint density at radius 3 is 3.00 bits per heavy atom. The average molecular weight is 137 g/mol. The van der Waals surface area contributed by atoms with Crippen LogP contribution in [0.2, 0.25) is 0 Å². The van der Waals surface area contributed by atoms with E-state index in [-0.39, 0.29) is 0 Å². The average Bonchev–Trinajstić information content (AvgIpc) is 2.05. The number of hydrogen-bond acceptors (Lipinski definition) is 3. The molecule has 0 saturated heterocycles. The van der Waals surface area contributed by atoms with E-state index in [1.807, 2.05) is 17.6 Å². The molecule has 1 radical (unpaired) electrons. The molecule has 0 heterocycles. The lowest BCUT2D eigenvalue weighted by Crippen LogP contribution is -2.25. The van der Waals surface area contributed by atoms with Crippen LogP contribution in [0.3, 0.4) is 0 Å². The van der Waals surface area contributed by atoms with Gasteiger partial charge in [0.05, 0.1) is 0 Å². The van der Waals surface area contributed by atoms with Gasteiger partial charge in [-0.3, -0.25) is 0 Å². The van der Waals surface area contributed by atoms with Crippen LogP contribution in [0.25, 0.3) is 0 Å². The fourth-order valence-corrected chi connectivity index (χ4v) is 0.675. The van der Waals surface area contributed by atoms with Gasteiger partial charge in [0.15, 0.2) is 0 Å². The highest BCUT2D eigenvalue weighted by atomic mass is 16.5. The van der Waals surface area contributed by atoms with Crippen molar-refractivity contribution in [2.75, 3.05) is 0 Å². The van der Waals surface area contributed by atoms with E-state index >= 15 is 0 Å². The smallest absolute Gasteiger partial charge is 0.104 e. The van der Waals surface area contributed by atoms with E-state index in [9.17, 15) is 0 Å². The monoisotopic (exact) mass is 137 g/mol. The molecule has 3 heteroatoms. The summed E-state index contributed by atoms with van der Waals surface area (Å²) in [6.45, 7) is 0. The standard InChI is InChI=1S/C7H9N2O/c8-7(9-10)6-4-2-1-3-5-6/h1-2,4-5,7,9-10H,8H2. The van der Waals surface area contributed by atoms with E-state index in [1.165, 1.54) is 0 Å². The highest BCUT2D eigenvalue weighted by Crippen LogP contribution is 2.03. The fraction of sp³-hybridized carbons (Fsp3) is 0.143. The molecular formula is C7H9N2O. The van der Waals surface area contributed by atoms with Gasteiger partial charge in [-0.1, -0.05) is 18.2 Å². The van der Waals surface area contributed by atoms with E-state index in [0.29, 0.717) is 0 Å². The Bertz CT molecular complexity index is 188. The molecule has 10 heavy (non-hydrogen) atoms. The largest absolute Gasteiger partial charge is 0.315 e. The minimum atomic E-state index is -0.516. The summed E-state index contributed by atoms with van der Waals surface area (Å²) in [7, 11) is 0. The van der Waals surface area contributed by atoms with Gasteiger partial charge < -0.3 is 10.9 Å². The van der Waals surface area contributed by atoms with Crippen LogP contribution < -0.4 is 11.2 Å². The molecule has 0 aliphatic carbocycles. The Morgan fingerprint density at radius 2 is 2.50 bits per heavy atom. The van der Waals surface area contributed by atoms with Crippen molar-refractivity contribution in [3.63, 3.8) is 0 Å². The van der Waals surface area contributed by atoms with Gasteiger partial charge in [0.1, 0.15) is 6.17 Å². The molecule has 1 unspecified atom stereocenters. The molecule has 3 nitrogen and oxygen atoms in total. The lowest BCUT2D eigenvalue weighted by molar-refractivity contribution is 0.128. The van der Waals surface area contributed by atoms with Gasteiger partial charge in [-0.15, -0.1) is 0 Å². The van der Waals surface area contributed by atoms with Crippen LogP contribution in [-0.2, 0) is 0 Å². The number of hydroxylamine groups is 1. The quantitative estimate of drug-likeness (QED) is 0.409. The summed E-state index contributed by atoms with van der Waals surface area (Å²) in [5, 5.41) is 8.40. The normalized spacial score (nSPS) is 13.0. The van der Waals surface area contributed by atoms with Crippen LogP contribution in [0.4, 0.5) is 0 Å². The van der Waals surface area contributed by atoms with Gasteiger partial charge in [0.2, 0.25) is 0 Å². The highest BCUT2D eigenvalue weighted by Gasteiger charge is 1.99. The maximum Gasteiger partial charge on any atom is 0.104 e. The fourth-order valence-electron chi connectivity index (χ4n) is 0.675. The van der Waals surface area contributed by atoms with Gasteiger partial charge in [-0.25, -0.2) is 0 Å². The maximum atomic E-state index is 8.40. The summed E-state index contributed by atoms with van der Waals surface area (Å²) >= 11 is 0. The van der Waals surface area contributed by atoms with Crippen molar-refractivity contribution >= 4 is 0 Å². The number of rotatable bonds is 2. The van der Waals surface area contributed by atoms with Crippen molar-refractivity contribution < 1.29 is 5.21 Å². The molecule has 0 aliphatic rings. The Morgan fingerprint density at radius 1 is 1.70 bits per heavy atom. The highest BCUT2D eigenvalue weighted by molar-refractivity contribution is 5.16. The zero-order valence-electron chi connectivity index (χ0n) is 5.41. The third-order valence-corrected chi connectivity index (χ3v) is 1.23. The SMILES string of the molecule is NC(NO)c1c[c]ccc1. The van der Waals surface area contributed by atoms with Gasteiger partial charge in [-0.05, 0) is 17.7 Å². The maximum absolute atomic E-state index is 8.40. The van der Waals surface area contributed by atoms with Crippen LogP contribution in [0.15, 0.2) is 24.3 Å². The van der Waals surface area contributed by atoms with Crippen LogP contribution in [-0.4, -0.2) is 5.21 Å². The third-order valence-electron chi connectivity index (χ3n) is 1.23. The Hall–Kier alpha value is -0.900. The van der Waals surface area contributed by atoms with Gasteiger partial charge >= 0.3 is 0 Å². The second-order valence-corrected chi connectivity index (χ2v) is 1.94. The second-order valence-electron chi connectivity index (χ2n) is 1.94. The molecular weight excluding hydrogens is 128 g/mol. The van der Waals surface area contributed by atoms with E-state index < -0.39 is 6.17 Å². The van der Waals surface area contributed by atoms with E-state index in [2.05, 4.69) is 6.07 Å². The molecule has 1 aromatic carbocycles. The molecule has 0 saturated carbocycles. The summed E-state index contributed by atoms with van der Waals surface area (Å²) < 4.78 is 0. The van der Waals surface area contributed by atoms with Crippen LogP contribution in [0.1, 0.15) is 11.7 Å². The Kier molecular flexibility index (Phi) is 2.39.